The Labute approximate surface area is 126 Å². The molecule has 7 heteroatoms. The number of hydrogen-bond acceptors (Lipinski definition) is 4. The highest BCUT2D eigenvalue weighted by atomic mass is 32.1. The van der Waals surface area contributed by atoms with Crippen LogP contribution in [0.2, 0.25) is 0 Å². The van der Waals surface area contributed by atoms with Gasteiger partial charge in [0.2, 0.25) is 5.91 Å². The number of amides is 1. The number of H-pyrrole nitrogens is 1. The molecular formula is C14H18N4O2S. The van der Waals surface area contributed by atoms with E-state index in [9.17, 15) is 9.59 Å². The van der Waals surface area contributed by atoms with Crippen LogP contribution in [0.25, 0.3) is 0 Å². The Kier molecular flexibility index (Phi) is 3.92. The summed E-state index contributed by atoms with van der Waals surface area (Å²) in [6.45, 7) is 3.13. The van der Waals surface area contributed by atoms with E-state index in [0.29, 0.717) is 13.0 Å². The smallest absolute Gasteiger partial charge is 0.307 e. The summed E-state index contributed by atoms with van der Waals surface area (Å²) in [7, 11) is 0. The summed E-state index contributed by atoms with van der Waals surface area (Å²) in [5.74, 6) is 0.101. The molecular weight excluding hydrogens is 288 g/mol. The summed E-state index contributed by atoms with van der Waals surface area (Å²) < 4.78 is 1.67. The summed E-state index contributed by atoms with van der Waals surface area (Å²) in [5.41, 5.74) is 1.91. The molecule has 0 bridgehead atoms. The zero-order chi connectivity index (χ0) is 14.8. The van der Waals surface area contributed by atoms with Crippen LogP contribution < -0.4 is 4.87 Å². The van der Waals surface area contributed by atoms with E-state index < -0.39 is 0 Å². The third kappa shape index (κ3) is 2.78. The van der Waals surface area contributed by atoms with Crippen LogP contribution >= 0.6 is 11.3 Å². The van der Waals surface area contributed by atoms with E-state index in [1.165, 1.54) is 11.3 Å². The van der Waals surface area contributed by atoms with Gasteiger partial charge in [-0.1, -0.05) is 11.3 Å². The first-order chi connectivity index (χ1) is 10.2. The van der Waals surface area contributed by atoms with E-state index in [0.717, 1.165) is 30.8 Å². The Hall–Kier alpha value is -1.89. The molecule has 0 saturated carbocycles. The van der Waals surface area contributed by atoms with Crippen LogP contribution in [-0.2, 0) is 11.3 Å². The predicted molar refractivity (Wildman–Crippen MR) is 80.2 cm³/mol. The predicted octanol–water partition coefficient (Wildman–Crippen LogP) is 1.70. The lowest BCUT2D eigenvalue weighted by molar-refractivity contribution is -0.132. The number of nitrogens with zero attached hydrogens (tertiary/aromatic N) is 3. The van der Waals surface area contributed by atoms with Crippen molar-refractivity contribution in [1.82, 2.24) is 19.7 Å². The highest BCUT2D eigenvalue weighted by molar-refractivity contribution is 7.07. The number of thiazole rings is 1. The molecule has 2 aromatic rings. The molecule has 0 aromatic carbocycles. The van der Waals surface area contributed by atoms with E-state index >= 15 is 0 Å². The highest BCUT2D eigenvalue weighted by Crippen LogP contribution is 2.30. The maximum absolute atomic E-state index is 12.4. The van der Waals surface area contributed by atoms with Gasteiger partial charge in [0.05, 0.1) is 11.7 Å². The summed E-state index contributed by atoms with van der Waals surface area (Å²) in [4.78, 5) is 26.0. The topological polar surface area (TPSA) is 71.0 Å². The molecule has 1 N–H and O–H groups in total. The third-order valence-electron chi connectivity index (χ3n) is 3.98. The van der Waals surface area contributed by atoms with E-state index in [1.807, 2.05) is 23.3 Å². The molecule has 1 aliphatic heterocycles. The van der Waals surface area contributed by atoms with Crippen LogP contribution in [0.3, 0.4) is 0 Å². The molecule has 1 amide bonds. The van der Waals surface area contributed by atoms with E-state index in [1.54, 1.807) is 10.8 Å². The van der Waals surface area contributed by atoms with Crippen molar-refractivity contribution in [3.05, 3.63) is 38.7 Å². The van der Waals surface area contributed by atoms with Crippen LogP contribution in [0.4, 0.5) is 0 Å². The molecule has 1 fully saturated rings. The standard InChI is InChI=1S/C14H18N4O2S/c1-10-9-21-14(20)17(10)8-5-13(19)18-7-2-3-12(18)11-4-6-15-16-11/h4,6,9,12H,2-3,5,7-8H2,1H3,(H,15,16). The van der Waals surface area contributed by atoms with E-state index in [4.69, 9.17) is 0 Å². The summed E-state index contributed by atoms with van der Waals surface area (Å²) in [6.07, 6.45) is 4.05. The van der Waals surface area contributed by atoms with Crippen LogP contribution in [0.1, 0.15) is 36.7 Å². The molecule has 3 heterocycles. The van der Waals surface area contributed by atoms with Crippen molar-refractivity contribution < 1.29 is 4.79 Å². The fourth-order valence-corrected chi connectivity index (χ4v) is 3.63. The van der Waals surface area contributed by atoms with Crippen LogP contribution in [-0.4, -0.2) is 32.1 Å². The Bertz CT molecular complexity index is 673. The molecule has 0 aliphatic carbocycles. The molecule has 112 valence electrons. The minimum atomic E-state index is 0.00633. The first-order valence-electron chi connectivity index (χ1n) is 7.10. The Morgan fingerprint density at radius 1 is 1.57 bits per heavy atom. The largest absolute Gasteiger partial charge is 0.334 e. The molecule has 21 heavy (non-hydrogen) atoms. The lowest BCUT2D eigenvalue weighted by Gasteiger charge is -2.23. The second kappa shape index (κ2) is 5.85. The van der Waals surface area contributed by atoms with E-state index in [-0.39, 0.29) is 16.8 Å². The van der Waals surface area contributed by atoms with Crippen molar-refractivity contribution in [3.8, 4) is 0 Å². The lowest BCUT2D eigenvalue weighted by Crippen LogP contribution is -2.32. The molecule has 1 saturated heterocycles. The quantitative estimate of drug-likeness (QED) is 0.934. The number of nitrogens with one attached hydrogen (secondary N) is 1. The monoisotopic (exact) mass is 306 g/mol. The summed E-state index contributed by atoms with van der Waals surface area (Å²) >= 11 is 1.18. The van der Waals surface area contributed by atoms with Gasteiger partial charge in [0.25, 0.3) is 0 Å². The second-order valence-corrected chi connectivity index (χ2v) is 6.12. The van der Waals surface area contributed by atoms with Crippen molar-refractivity contribution in [2.24, 2.45) is 0 Å². The number of aromatic nitrogens is 3. The Morgan fingerprint density at radius 2 is 2.43 bits per heavy atom. The first kappa shape index (κ1) is 14.1. The Morgan fingerprint density at radius 3 is 3.10 bits per heavy atom. The van der Waals surface area contributed by atoms with E-state index in [2.05, 4.69) is 10.2 Å². The minimum Gasteiger partial charge on any atom is -0.334 e. The number of rotatable bonds is 4. The van der Waals surface area contributed by atoms with Crippen molar-refractivity contribution >= 4 is 17.2 Å². The number of hydrogen-bond donors (Lipinski definition) is 1. The average molecular weight is 306 g/mol. The van der Waals surface area contributed by atoms with Gasteiger partial charge in [-0.05, 0) is 25.8 Å². The van der Waals surface area contributed by atoms with Gasteiger partial charge in [0.15, 0.2) is 0 Å². The zero-order valence-corrected chi connectivity index (χ0v) is 12.7. The number of aryl methyl sites for hydroxylation is 1. The lowest BCUT2D eigenvalue weighted by atomic mass is 10.1. The third-order valence-corrected chi connectivity index (χ3v) is 4.86. The number of carbonyl (C=O) groups is 1. The van der Waals surface area contributed by atoms with Crippen molar-refractivity contribution in [2.45, 2.75) is 38.8 Å². The van der Waals surface area contributed by atoms with Gasteiger partial charge in [-0.2, -0.15) is 5.10 Å². The second-order valence-electron chi connectivity index (χ2n) is 5.30. The molecule has 6 nitrogen and oxygen atoms in total. The van der Waals surface area contributed by atoms with Gasteiger partial charge in [0, 0.05) is 36.8 Å². The van der Waals surface area contributed by atoms with Crippen LogP contribution in [0.5, 0.6) is 0 Å². The van der Waals surface area contributed by atoms with Crippen LogP contribution in [0, 0.1) is 6.92 Å². The van der Waals surface area contributed by atoms with Crippen LogP contribution in [0.15, 0.2) is 22.4 Å². The minimum absolute atomic E-state index is 0.00633. The van der Waals surface area contributed by atoms with Gasteiger partial charge >= 0.3 is 4.87 Å². The number of carbonyl (C=O) groups excluding carboxylic acids is 1. The number of likely N-dealkylation sites (tertiary alicyclic amines) is 1. The average Bonchev–Trinajstić information content (AvgIpc) is 3.18. The van der Waals surface area contributed by atoms with Gasteiger partial charge in [-0.15, -0.1) is 0 Å². The first-order valence-corrected chi connectivity index (χ1v) is 7.98. The fraction of sp³-hybridized carbons (Fsp3) is 0.500. The maximum atomic E-state index is 12.4. The molecule has 0 radical (unpaired) electrons. The Balaban J connectivity index is 1.66. The van der Waals surface area contributed by atoms with Gasteiger partial charge in [0.1, 0.15) is 0 Å². The molecule has 2 aromatic heterocycles. The number of aromatic amines is 1. The normalized spacial score (nSPS) is 18.3. The zero-order valence-electron chi connectivity index (χ0n) is 11.9. The highest BCUT2D eigenvalue weighted by Gasteiger charge is 2.30. The van der Waals surface area contributed by atoms with Crippen molar-refractivity contribution in [3.63, 3.8) is 0 Å². The fourth-order valence-electron chi connectivity index (χ4n) is 2.87. The molecule has 0 spiro atoms. The van der Waals surface area contributed by atoms with Gasteiger partial charge < -0.3 is 9.47 Å². The summed E-state index contributed by atoms with van der Waals surface area (Å²) in [6, 6.07) is 2.02. The SMILES string of the molecule is Cc1csc(=O)n1CCC(=O)N1CCCC1c1ccn[nH]1. The molecule has 1 aliphatic rings. The van der Waals surface area contributed by atoms with Gasteiger partial charge in [-0.3, -0.25) is 14.7 Å². The molecule has 1 atom stereocenters. The maximum Gasteiger partial charge on any atom is 0.307 e. The van der Waals surface area contributed by atoms with Crippen molar-refractivity contribution in [1.29, 1.82) is 0 Å². The van der Waals surface area contributed by atoms with Crippen molar-refractivity contribution in [2.75, 3.05) is 6.54 Å². The summed E-state index contributed by atoms with van der Waals surface area (Å²) in [5, 5.41) is 8.75. The molecule has 1 unspecified atom stereocenters. The molecule has 3 rings (SSSR count). The van der Waals surface area contributed by atoms with Gasteiger partial charge in [-0.25, -0.2) is 0 Å².